The van der Waals surface area contributed by atoms with Crippen LogP contribution in [0.25, 0.3) is 0 Å². The maximum atomic E-state index is 13.3. The zero-order chi connectivity index (χ0) is 46.6. The summed E-state index contributed by atoms with van der Waals surface area (Å²) in [7, 11) is 0. The van der Waals surface area contributed by atoms with Crippen LogP contribution in [0.4, 0.5) is 0 Å². The van der Waals surface area contributed by atoms with Crippen molar-refractivity contribution < 1.29 is 23.9 Å². The molecule has 340 valence electrons. The predicted octanol–water partition coefficient (Wildman–Crippen LogP) is 9.58. The summed E-state index contributed by atoms with van der Waals surface area (Å²) in [6.07, 6.45) is 33.1. The average molecular weight is 851 g/mol. The lowest BCUT2D eigenvalue weighted by Gasteiger charge is -2.37. The summed E-state index contributed by atoms with van der Waals surface area (Å²) in [5, 5.41) is 0. The van der Waals surface area contributed by atoms with Crippen molar-refractivity contribution in [1.82, 2.24) is 0 Å². The Morgan fingerprint density at radius 2 is 1.05 bits per heavy atom. The molecule has 4 atom stereocenters. The summed E-state index contributed by atoms with van der Waals surface area (Å²) < 4.78 is 5.61. The SMILES string of the molecule is CC1=C(/C=C/C(C)=C/C=C/C(C)=C/C=C/C=C(C)/C=C/C=C(C)/C=C/C2=C(C)C(=O)C(OC(=O)C(N)CCCCN)CC2(C)C)C(C)(C)CC(CC(=O)C(N)CCCCN)C1=O. The maximum Gasteiger partial charge on any atom is 0.323 e. The van der Waals surface area contributed by atoms with E-state index in [1.54, 1.807) is 6.92 Å². The number of carbonyl (C=O) groups excluding carboxylic acids is 4. The van der Waals surface area contributed by atoms with Gasteiger partial charge >= 0.3 is 5.97 Å². The molecule has 2 aliphatic rings. The molecule has 0 heterocycles. The molecule has 2 rings (SSSR count). The topological polar surface area (TPSA) is 182 Å². The van der Waals surface area contributed by atoms with Crippen LogP contribution in [-0.4, -0.2) is 54.6 Å². The zero-order valence-corrected chi connectivity index (χ0v) is 39.5. The number of hydrogen-bond donors (Lipinski definition) is 4. The quantitative estimate of drug-likeness (QED) is 0.0442. The van der Waals surface area contributed by atoms with Gasteiger partial charge in [0.25, 0.3) is 0 Å². The fourth-order valence-electron chi connectivity index (χ4n) is 7.96. The molecule has 0 amide bonds. The van der Waals surface area contributed by atoms with Gasteiger partial charge in [0.05, 0.1) is 6.04 Å². The van der Waals surface area contributed by atoms with Crippen molar-refractivity contribution in [3.8, 4) is 0 Å². The second-order valence-electron chi connectivity index (χ2n) is 18.5. The first kappa shape index (κ1) is 53.6. The molecule has 9 heteroatoms. The highest BCUT2D eigenvalue weighted by molar-refractivity contribution is 6.02. The van der Waals surface area contributed by atoms with Crippen LogP contribution in [-0.2, 0) is 23.9 Å². The second-order valence-corrected chi connectivity index (χ2v) is 18.5. The van der Waals surface area contributed by atoms with Gasteiger partial charge in [0.1, 0.15) is 11.8 Å². The molecular formula is C53H78N4O5. The van der Waals surface area contributed by atoms with Crippen molar-refractivity contribution in [2.75, 3.05) is 13.1 Å². The minimum absolute atomic E-state index is 0.0394. The summed E-state index contributed by atoms with van der Waals surface area (Å²) in [5.74, 6) is -1.05. The fourth-order valence-corrected chi connectivity index (χ4v) is 7.96. The van der Waals surface area contributed by atoms with Gasteiger partial charge in [-0.1, -0.05) is 148 Å². The second kappa shape index (κ2) is 26.2. The molecule has 0 bridgehead atoms. The third-order valence-electron chi connectivity index (χ3n) is 11.8. The number of esters is 1. The third-order valence-corrected chi connectivity index (χ3v) is 11.8. The third kappa shape index (κ3) is 17.7. The van der Waals surface area contributed by atoms with Crippen LogP contribution in [0.5, 0.6) is 0 Å². The van der Waals surface area contributed by atoms with E-state index >= 15 is 0 Å². The molecular weight excluding hydrogens is 773 g/mol. The predicted molar refractivity (Wildman–Crippen MR) is 258 cm³/mol. The number of allylic oxidation sites excluding steroid dienone is 21. The number of nitrogens with two attached hydrogens (primary N) is 4. The van der Waals surface area contributed by atoms with Gasteiger partial charge in [0.2, 0.25) is 0 Å². The lowest BCUT2D eigenvalue weighted by atomic mass is 9.66. The Hall–Kier alpha value is -4.54. The monoisotopic (exact) mass is 851 g/mol. The molecule has 0 aromatic rings. The molecule has 9 nitrogen and oxygen atoms in total. The fraction of sp³-hybridized carbons (Fsp3) is 0.509. The van der Waals surface area contributed by atoms with E-state index in [1.807, 2.05) is 101 Å². The van der Waals surface area contributed by atoms with Crippen LogP contribution in [0.1, 0.15) is 127 Å². The van der Waals surface area contributed by atoms with Crippen molar-refractivity contribution >= 4 is 23.3 Å². The van der Waals surface area contributed by atoms with E-state index in [2.05, 4.69) is 45.9 Å². The van der Waals surface area contributed by atoms with Crippen molar-refractivity contribution in [3.63, 3.8) is 0 Å². The Morgan fingerprint density at radius 1 is 0.629 bits per heavy atom. The van der Waals surface area contributed by atoms with Crippen LogP contribution in [0, 0.1) is 16.7 Å². The zero-order valence-electron chi connectivity index (χ0n) is 39.5. The van der Waals surface area contributed by atoms with E-state index in [0.29, 0.717) is 44.3 Å². The number of ketones is 3. The molecule has 0 fully saturated rings. The smallest absolute Gasteiger partial charge is 0.323 e. The Labute approximate surface area is 373 Å². The summed E-state index contributed by atoms with van der Waals surface area (Å²) in [5.41, 5.74) is 30.2. The van der Waals surface area contributed by atoms with E-state index < -0.39 is 24.2 Å². The molecule has 0 saturated carbocycles. The maximum absolute atomic E-state index is 13.3. The number of carbonyl (C=O) groups is 4. The highest BCUT2D eigenvalue weighted by atomic mass is 16.5. The van der Waals surface area contributed by atoms with Gasteiger partial charge in [-0.05, 0) is 120 Å². The minimum atomic E-state index is -0.837. The van der Waals surface area contributed by atoms with Crippen LogP contribution >= 0.6 is 0 Å². The van der Waals surface area contributed by atoms with E-state index in [9.17, 15) is 19.2 Å². The Bertz CT molecular complexity index is 1800. The first-order valence-electron chi connectivity index (χ1n) is 22.4. The van der Waals surface area contributed by atoms with E-state index in [-0.39, 0.29) is 40.5 Å². The van der Waals surface area contributed by atoms with E-state index in [0.717, 1.165) is 64.7 Å². The highest BCUT2D eigenvalue weighted by Gasteiger charge is 2.41. The number of unbranched alkanes of at least 4 members (excludes halogenated alkanes) is 2. The molecule has 0 aromatic heterocycles. The molecule has 0 radical (unpaired) electrons. The Morgan fingerprint density at radius 3 is 1.53 bits per heavy atom. The molecule has 0 aliphatic heterocycles. The van der Waals surface area contributed by atoms with Gasteiger partial charge in [-0.3, -0.25) is 19.2 Å². The summed E-state index contributed by atoms with van der Waals surface area (Å²) in [6.45, 7) is 21.3. The van der Waals surface area contributed by atoms with E-state index in [1.165, 1.54) is 0 Å². The number of ether oxygens (including phenoxy) is 1. The molecule has 0 saturated heterocycles. The van der Waals surface area contributed by atoms with Gasteiger partial charge in [0.15, 0.2) is 17.7 Å². The summed E-state index contributed by atoms with van der Waals surface area (Å²) in [4.78, 5) is 52.0. The van der Waals surface area contributed by atoms with Crippen LogP contribution in [0.2, 0.25) is 0 Å². The van der Waals surface area contributed by atoms with Gasteiger partial charge < -0.3 is 27.7 Å². The van der Waals surface area contributed by atoms with Crippen molar-refractivity contribution in [2.24, 2.45) is 39.7 Å². The molecule has 4 unspecified atom stereocenters. The lowest BCUT2D eigenvalue weighted by Crippen LogP contribution is -2.42. The summed E-state index contributed by atoms with van der Waals surface area (Å²) >= 11 is 0. The molecule has 0 aromatic carbocycles. The lowest BCUT2D eigenvalue weighted by molar-refractivity contribution is -0.157. The van der Waals surface area contributed by atoms with Crippen molar-refractivity contribution in [2.45, 2.75) is 145 Å². The first-order chi connectivity index (χ1) is 29.1. The van der Waals surface area contributed by atoms with Crippen LogP contribution < -0.4 is 22.9 Å². The number of hydrogen-bond acceptors (Lipinski definition) is 9. The Kier molecular flexibility index (Phi) is 22.6. The van der Waals surface area contributed by atoms with Gasteiger partial charge in [-0.25, -0.2) is 0 Å². The molecule has 8 N–H and O–H groups in total. The normalized spacial score (nSPS) is 21.8. The highest BCUT2D eigenvalue weighted by Crippen LogP contribution is 2.44. The van der Waals surface area contributed by atoms with Crippen molar-refractivity contribution in [1.29, 1.82) is 0 Å². The van der Waals surface area contributed by atoms with Gasteiger partial charge in [-0.2, -0.15) is 0 Å². The van der Waals surface area contributed by atoms with Gasteiger partial charge in [0, 0.05) is 18.8 Å². The van der Waals surface area contributed by atoms with Crippen LogP contribution in [0.3, 0.4) is 0 Å². The summed E-state index contributed by atoms with van der Waals surface area (Å²) in [6, 6.07) is -1.30. The molecule has 2 aliphatic carbocycles. The van der Waals surface area contributed by atoms with Crippen LogP contribution in [0.15, 0.2) is 130 Å². The Balaban J connectivity index is 1.97. The minimum Gasteiger partial charge on any atom is -0.453 e. The van der Waals surface area contributed by atoms with Gasteiger partial charge in [-0.15, -0.1) is 0 Å². The number of rotatable bonds is 23. The molecule has 62 heavy (non-hydrogen) atoms. The average Bonchev–Trinajstić information content (AvgIpc) is 3.20. The van der Waals surface area contributed by atoms with Crippen molar-refractivity contribution in [3.05, 3.63) is 130 Å². The molecule has 0 spiro atoms. The number of Topliss-reactive ketones (excluding diaryl/α,β-unsaturated/α-hetero) is 3. The first-order valence-corrected chi connectivity index (χ1v) is 22.4. The standard InChI is InChI=1S/C53H78N4O5/c1-36(21-17-23-38(3)27-29-43-40(5)49(59)42(34-52(43,7)8)33-47(58)45(56)25-13-15-31-54)19-11-12-20-37(2)22-18-24-39(4)28-30-44-41(6)50(60)48(35-53(44,9)10)62-51(61)46(57)26-14-16-32-55/h11-12,17-24,27-30,42,45-46,48H,13-16,25-26,31-35,54-57H2,1-10H3/b12-11+,21-17+,22-18+,29-27+,30-28+,36-19+,37-20+,38-23+,39-24+. The van der Waals surface area contributed by atoms with E-state index in [4.69, 9.17) is 27.7 Å². The largest absolute Gasteiger partial charge is 0.453 e.